The van der Waals surface area contributed by atoms with E-state index >= 15 is 0 Å². The number of piperidine rings is 1. The van der Waals surface area contributed by atoms with Crippen molar-refractivity contribution in [3.8, 4) is 0 Å². The van der Waals surface area contributed by atoms with Crippen LogP contribution in [0.4, 0.5) is 4.39 Å². The standard InChI is InChI=1S/C23H24ClFN4O2/c24-20-13-19(25)7-6-18(20)14-29-15-21(26-27-29)23(31)28-10-8-17(9-11-28)22(30)12-16-4-2-1-3-5-16/h1-7,13,15,17,22,30H,8-12,14H2. The van der Waals surface area contributed by atoms with Crippen molar-refractivity contribution in [2.75, 3.05) is 13.1 Å². The molecule has 0 saturated carbocycles. The SMILES string of the molecule is O=C(c1cn(Cc2ccc(F)cc2Cl)nn1)N1CCC(C(O)Cc2ccccc2)CC1. The summed E-state index contributed by atoms with van der Waals surface area (Å²) in [5, 5.41) is 18.9. The normalized spacial score (nSPS) is 15.8. The van der Waals surface area contributed by atoms with Gasteiger partial charge in [-0.1, -0.05) is 53.2 Å². The molecule has 8 heteroatoms. The van der Waals surface area contributed by atoms with Gasteiger partial charge in [0.2, 0.25) is 0 Å². The largest absolute Gasteiger partial charge is 0.392 e. The fraction of sp³-hybridized carbons (Fsp3) is 0.348. The first kappa shape index (κ1) is 21.5. The van der Waals surface area contributed by atoms with E-state index in [4.69, 9.17) is 11.6 Å². The predicted molar refractivity (Wildman–Crippen MR) is 115 cm³/mol. The van der Waals surface area contributed by atoms with E-state index in [1.54, 1.807) is 17.2 Å². The molecule has 1 aliphatic rings. The molecule has 3 aromatic rings. The number of benzene rings is 2. The third-order valence-corrected chi connectivity index (χ3v) is 6.12. The summed E-state index contributed by atoms with van der Waals surface area (Å²) in [6, 6.07) is 14.1. The van der Waals surface area contributed by atoms with E-state index in [-0.39, 0.29) is 17.5 Å². The summed E-state index contributed by atoms with van der Waals surface area (Å²) in [5.41, 5.74) is 2.08. The Bertz CT molecular complexity index is 1040. The molecule has 4 rings (SSSR count). The molecule has 1 aromatic heterocycles. The first-order valence-corrected chi connectivity index (χ1v) is 10.7. The molecule has 2 heterocycles. The summed E-state index contributed by atoms with van der Waals surface area (Å²) in [5.74, 6) is -0.409. The molecule has 1 saturated heterocycles. The molecular formula is C23H24ClFN4O2. The van der Waals surface area contributed by atoms with Crippen molar-refractivity contribution in [2.45, 2.75) is 31.9 Å². The quantitative estimate of drug-likeness (QED) is 0.633. The number of aromatic nitrogens is 3. The minimum Gasteiger partial charge on any atom is -0.392 e. The third kappa shape index (κ3) is 5.29. The molecule has 0 aliphatic carbocycles. The minimum absolute atomic E-state index is 0.167. The van der Waals surface area contributed by atoms with Crippen LogP contribution >= 0.6 is 11.6 Å². The average molecular weight is 443 g/mol. The highest BCUT2D eigenvalue weighted by Gasteiger charge is 2.29. The lowest BCUT2D eigenvalue weighted by atomic mass is 9.88. The van der Waals surface area contributed by atoms with E-state index in [0.29, 0.717) is 36.6 Å². The number of nitrogens with zero attached hydrogens (tertiary/aromatic N) is 4. The molecule has 1 atom stereocenters. The first-order chi connectivity index (χ1) is 15.0. The fourth-order valence-electron chi connectivity index (χ4n) is 3.97. The maximum absolute atomic E-state index is 13.2. The van der Waals surface area contributed by atoms with Gasteiger partial charge in [0.1, 0.15) is 5.82 Å². The number of carbonyl (C=O) groups excluding carboxylic acids is 1. The number of aliphatic hydroxyl groups is 1. The van der Waals surface area contributed by atoms with Gasteiger partial charge in [-0.15, -0.1) is 5.10 Å². The van der Waals surface area contributed by atoms with Gasteiger partial charge in [-0.25, -0.2) is 9.07 Å². The zero-order valence-corrected chi connectivity index (χ0v) is 17.7. The van der Waals surface area contributed by atoms with Gasteiger partial charge in [0.05, 0.1) is 18.8 Å². The van der Waals surface area contributed by atoms with Crippen molar-refractivity contribution in [1.29, 1.82) is 0 Å². The third-order valence-electron chi connectivity index (χ3n) is 5.76. The van der Waals surface area contributed by atoms with Gasteiger partial charge in [0.15, 0.2) is 5.69 Å². The lowest BCUT2D eigenvalue weighted by molar-refractivity contribution is 0.0463. The van der Waals surface area contributed by atoms with Crippen LogP contribution in [0.15, 0.2) is 54.7 Å². The number of likely N-dealkylation sites (tertiary alicyclic amines) is 1. The van der Waals surface area contributed by atoms with Gasteiger partial charge in [0, 0.05) is 18.1 Å². The molecule has 1 amide bonds. The van der Waals surface area contributed by atoms with Gasteiger partial charge in [0.25, 0.3) is 5.91 Å². The number of hydrogen-bond acceptors (Lipinski definition) is 4. The molecule has 1 aliphatic heterocycles. The van der Waals surface area contributed by atoms with Crippen LogP contribution in [0.2, 0.25) is 5.02 Å². The zero-order valence-electron chi connectivity index (χ0n) is 17.0. The van der Waals surface area contributed by atoms with Crippen molar-refractivity contribution in [3.63, 3.8) is 0 Å². The van der Waals surface area contributed by atoms with E-state index in [1.807, 2.05) is 30.3 Å². The second-order valence-electron chi connectivity index (χ2n) is 7.92. The Morgan fingerprint density at radius 3 is 2.65 bits per heavy atom. The summed E-state index contributed by atoms with van der Waals surface area (Å²) in [7, 11) is 0. The lowest BCUT2D eigenvalue weighted by Crippen LogP contribution is -2.41. The Morgan fingerprint density at radius 1 is 1.19 bits per heavy atom. The van der Waals surface area contributed by atoms with Crippen molar-refractivity contribution >= 4 is 17.5 Å². The Balaban J connectivity index is 1.31. The molecule has 1 N–H and O–H groups in total. The van der Waals surface area contributed by atoms with Crippen molar-refractivity contribution in [1.82, 2.24) is 19.9 Å². The van der Waals surface area contributed by atoms with Gasteiger partial charge in [-0.3, -0.25) is 4.79 Å². The smallest absolute Gasteiger partial charge is 0.276 e. The van der Waals surface area contributed by atoms with Crippen molar-refractivity contribution in [3.05, 3.63) is 82.4 Å². The molecule has 0 bridgehead atoms. The van der Waals surface area contributed by atoms with Crippen LogP contribution in [0.25, 0.3) is 0 Å². The van der Waals surface area contributed by atoms with Crippen LogP contribution in [0, 0.1) is 11.7 Å². The first-order valence-electron chi connectivity index (χ1n) is 10.3. The highest BCUT2D eigenvalue weighted by molar-refractivity contribution is 6.31. The molecule has 6 nitrogen and oxygen atoms in total. The van der Waals surface area contributed by atoms with Crippen molar-refractivity contribution in [2.24, 2.45) is 5.92 Å². The summed E-state index contributed by atoms with van der Waals surface area (Å²) >= 11 is 6.06. The van der Waals surface area contributed by atoms with Crippen LogP contribution < -0.4 is 0 Å². The maximum Gasteiger partial charge on any atom is 0.276 e. The Kier molecular flexibility index (Phi) is 6.63. The summed E-state index contributed by atoms with van der Waals surface area (Å²) in [6.07, 6.45) is 3.29. The predicted octanol–water partition coefficient (Wildman–Crippen LogP) is 3.57. The molecule has 2 aromatic carbocycles. The highest BCUT2D eigenvalue weighted by atomic mass is 35.5. The van der Waals surface area contributed by atoms with Crippen LogP contribution in [-0.4, -0.2) is 50.1 Å². The van der Waals surface area contributed by atoms with Crippen LogP contribution in [-0.2, 0) is 13.0 Å². The number of halogens is 2. The zero-order chi connectivity index (χ0) is 21.8. The number of hydrogen-bond donors (Lipinski definition) is 1. The van der Waals surface area contributed by atoms with Crippen LogP contribution in [0.3, 0.4) is 0 Å². The van der Waals surface area contributed by atoms with E-state index < -0.39 is 11.9 Å². The van der Waals surface area contributed by atoms with E-state index in [1.165, 1.54) is 16.8 Å². The van der Waals surface area contributed by atoms with Crippen LogP contribution in [0.5, 0.6) is 0 Å². The average Bonchev–Trinajstić information content (AvgIpc) is 3.24. The topological polar surface area (TPSA) is 71.2 Å². The molecular weight excluding hydrogens is 419 g/mol. The molecule has 0 radical (unpaired) electrons. The van der Waals surface area contributed by atoms with Crippen LogP contribution in [0.1, 0.15) is 34.5 Å². The molecule has 162 valence electrons. The van der Waals surface area contributed by atoms with Gasteiger partial charge in [-0.2, -0.15) is 0 Å². The van der Waals surface area contributed by atoms with Gasteiger partial charge >= 0.3 is 0 Å². The van der Waals surface area contributed by atoms with E-state index in [9.17, 15) is 14.3 Å². The second kappa shape index (κ2) is 9.58. The molecule has 31 heavy (non-hydrogen) atoms. The Hall–Kier alpha value is -2.77. The second-order valence-corrected chi connectivity index (χ2v) is 8.33. The maximum atomic E-state index is 13.2. The highest BCUT2D eigenvalue weighted by Crippen LogP contribution is 2.24. The number of carbonyl (C=O) groups is 1. The Morgan fingerprint density at radius 2 is 1.94 bits per heavy atom. The lowest BCUT2D eigenvalue weighted by Gasteiger charge is -2.34. The number of rotatable bonds is 6. The molecule has 1 fully saturated rings. The Labute approximate surface area is 185 Å². The number of amides is 1. The monoisotopic (exact) mass is 442 g/mol. The van der Waals surface area contributed by atoms with E-state index in [2.05, 4.69) is 10.3 Å². The van der Waals surface area contributed by atoms with Gasteiger partial charge in [-0.05, 0) is 48.4 Å². The van der Waals surface area contributed by atoms with Gasteiger partial charge < -0.3 is 10.0 Å². The van der Waals surface area contributed by atoms with Crippen molar-refractivity contribution < 1.29 is 14.3 Å². The summed E-state index contributed by atoms with van der Waals surface area (Å²) < 4.78 is 14.7. The summed E-state index contributed by atoms with van der Waals surface area (Å²) in [6.45, 7) is 1.45. The van der Waals surface area contributed by atoms with E-state index in [0.717, 1.165) is 18.4 Å². The minimum atomic E-state index is -0.416. The molecule has 0 spiro atoms. The summed E-state index contributed by atoms with van der Waals surface area (Å²) in [4.78, 5) is 14.6. The number of aliphatic hydroxyl groups excluding tert-OH is 1. The fourth-order valence-corrected chi connectivity index (χ4v) is 4.20. The molecule has 1 unspecified atom stereocenters.